The Hall–Kier alpha value is -2.08. The molecule has 3 amide bonds. The third kappa shape index (κ3) is 5.45. The minimum atomic E-state index is -0.106. The van der Waals surface area contributed by atoms with Gasteiger partial charge in [0, 0.05) is 25.0 Å². The van der Waals surface area contributed by atoms with Crippen molar-refractivity contribution >= 4 is 11.9 Å². The van der Waals surface area contributed by atoms with Gasteiger partial charge < -0.3 is 16.0 Å². The van der Waals surface area contributed by atoms with E-state index in [-0.39, 0.29) is 23.5 Å². The van der Waals surface area contributed by atoms with Crippen LogP contribution in [-0.4, -0.2) is 48.6 Å². The molecule has 0 spiro atoms. The Morgan fingerprint density at radius 3 is 2.12 bits per heavy atom. The molecular weight excluding hydrogens is 400 g/mol. The molecular formula is C26H40N4O2. The molecule has 4 aliphatic rings. The Balaban J connectivity index is 1.20. The Bertz CT molecular complexity index is 742. The first kappa shape index (κ1) is 23.1. The number of amides is 3. The highest BCUT2D eigenvalue weighted by Gasteiger charge is 2.51. The van der Waals surface area contributed by atoms with Crippen molar-refractivity contribution in [2.24, 2.45) is 17.8 Å². The maximum atomic E-state index is 12.6. The normalized spacial score (nSPS) is 29.0. The third-order valence-corrected chi connectivity index (χ3v) is 7.98. The van der Waals surface area contributed by atoms with Crippen molar-refractivity contribution in [1.29, 1.82) is 0 Å². The Labute approximate surface area is 192 Å². The highest BCUT2D eigenvalue weighted by molar-refractivity contribution is 5.78. The topological polar surface area (TPSA) is 73.5 Å². The molecule has 0 aliphatic heterocycles. The molecule has 0 saturated heterocycles. The van der Waals surface area contributed by atoms with Crippen LogP contribution in [0.4, 0.5) is 4.79 Å². The lowest BCUT2D eigenvalue weighted by atomic mass is 9.53. The van der Waals surface area contributed by atoms with Gasteiger partial charge in [-0.05, 0) is 74.9 Å². The number of nitrogens with one attached hydrogen (secondary N) is 3. The number of likely N-dealkylation sites (N-methyl/N-ethyl adjacent to an activating group) is 1. The molecule has 4 saturated carbocycles. The SMILES string of the molecule is CCN(CC)C(CNC(=O)CCNC(=O)NC12CC3CC(CC(C3)C1)C2)c1ccccc1. The summed E-state index contributed by atoms with van der Waals surface area (Å²) in [6, 6.07) is 10.4. The van der Waals surface area contributed by atoms with Gasteiger partial charge in [-0.15, -0.1) is 0 Å². The minimum Gasteiger partial charge on any atom is -0.354 e. The quantitative estimate of drug-likeness (QED) is 0.517. The van der Waals surface area contributed by atoms with E-state index in [1.807, 2.05) is 18.2 Å². The Morgan fingerprint density at radius 1 is 0.969 bits per heavy atom. The van der Waals surface area contributed by atoms with E-state index in [2.05, 4.69) is 46.8 Å². The lowest BCUT2D eigenvalue weighted by Gasteiger charge is -2.56. The predicted molar refractivity (Wildman–Crippen MR) is 127 cm³/mol. The number of hydrogen-bond acceptors (Lipinski definition) is 3. The fourth-order valence-electron chi connectivity index (χ4n) is 6.93. The van der Waals surface area contributed by atoms with Gasteiger partial charge in [0.1, 0.15) is 0 Å². The Morgan fingerprint density at radius 2 is 1.56 bits per heavy atom. The van der Waals surface area contributed by atoms with Crippen LogP contribution in [0.15, 0.2) is 30.3 Å². The van der Waals surface area contributed by atoms with Crippen molar-refractivity contribution < 1.29 is 9.59 Å². The van der Waals surface area contributed by atoms with Crippen LogP contribution in [0, 0.1) is 17.8 Å². The summed E-state index contributed by atoms with van der Waals surface area (Å²) in [7, 11) is 0. The van der Waals surface area contributed by atoms with Crippen LogP contribution in [0.5, 0.6) is 0 Å². The van der Waals surface area contributed by atoms with E-state index in [0.29, 0.717) is 19.5 Å². The lowest BCUT2D eigenvalue weighted by Crippen LogP contribution is -2.61. The van der Waals surface area contributed by atoms with Gasteiger partial charge in [-0.2, -0.15) is 0 Å². The second-order valence-electron chi connectivity index (χ2n) is 10.3. The largest absolute Gasteiger partial charge is 0.354 e. The van der Waals surface area contributed by atoms with Gasteiger partial charge in [-0.1, -0.05) is 44.2 Å². The maximum Gasteiger partial charge on any atom is 0.315 e. The van der Waals surface area contributed by atoms with Crippen molar-refractivity contribution in [3.8, 4) is 0 Å². The zero-order valence-corrected chi connectivity index (χ0v) is 19.7. The molecule has 6 heteroatoms. The van der Waals surface area contributed by atoms with Gasteiger partial charge in [0.25, 0.3) is 0 Å². The van der Waals surface area contributed by atoms with Crippen LogP contribution in [0.25, 0.3) is 0 Å². The molecule has 5 rings (SSSR count). The number of nitrogens with zero attached hydrogens (tertiary/aromatic N) is 1. The van der Waals surface area contributed by atoms with E-state index in [0.717, 1.165) is 50.1 Å². The van der Waals surface area contributed by atoms with Crippen LogP contribution >= 0.6 is 0 Å². The molecule has 1 aromatic carbocycles. The van der Waals surface area contributed by atoms with Gasteiger partial charge in [-0.25, -0.2) is 4.79 Å². The highest BCUT2D eigenvalue weighted by Crippen LogP contribution is 2.55. The Kier molecular flexibility index (Phi) is 7.39. The molecule has 3 N–H and O–H groups in total. The monoisotopic (exact) mass is 440 g/mol. The highest BCUT2D eigenvalue weighted by atomic mass is 16.2. The maximum absolute atomic E-state index is 12.6. The number of hydrogen-bond donors (Lipinski definition) is 3. The average Bonchev–Trinajstić information content (AvgIpc) is 2.76. The molecule has 0 radical (unpaired) electrons. The number of benzene rings is 1. The first-order chi connectivity index (χ1) is 15.5. The van der Waals surface area contributed by atoms with E-state index < -0.39 is 0 Å². The van der Waals surface area contributed by atoms with Gasteiger partial charge in [0.15, 0.2) is 0 Å². The van der Waals surface area contributed by atoms with Crippen molar-refractivity contribution in [1.82, 2.24) is 20.9 Å². The summed E-state index contributed by atoms with van der Waals surface area (Å²) in [5.41, 5.74) is 1.22. The zero-order chi connectivity index (χ0) is 22.6. The van der Waals surface area contributed by atoms with Crippen LogP contribution in [0.1, 0.15) is 70.4 Å². The van der Waals surface area contributed by atoms with E-state index in [9.17, 15) is 9.59 Å². The molecule has 0 aromatic heterocycles. The number of urea groups is 1. The van der Waals surface area contributed by atoms with Crippen LogP contribution < -0.4 is 16.0 Å². The lowest BCUT2D eigenvalue weighted by molar-refractivity contribution is -0.121. The van der Waals surface area contributed by atoms with E-state index in [1.54, 1.807) is 0 Å². The molecule has 1 aromatic rings. The second-order valence-corrected chi connectivity index (χ2v) is 10.3. The van der Waals surface area contributed by atoms with Crippen LogP contribution in [0.3, 0.4) is 0 Å². The summed E-state index contributed by atoms with van der Waals surface area (Å²) in [5.74, 6) is 2.38. The van der Waals surface area contributed by atoms with Gasteiger partial charge >= 0.3 is 6.03 Å². The predicted octanol–water partition coefficient (Wildman–Crippen LogP) is 3.84. The minimum absolute atomic E-state index is 0.00770. The molecule has 4 aliphatic carbocycles. The standard InChI is InChI=1S/C26H40N4O2/c1-3-30(4-2)23(22-8-6-5-7-9-22)18-28-24(31)10-11-27-25(32)29-26-15-19-12-20(16-26)14-21(13-19)17-26/h5-9,19-21,23H,3-4,10-18H2,1-2H3,(H,28,31)(H2,27,29,32). The molecule has 176 valence electrons. The van der Waals surface area contributed by atoms with E-state index in [1.165, 1.54) is 24.8 Å². The summed E-state index contributed by atoms with van der Waals surface area (Å²) in [4.78, 5) is 27.4. The van der Waals surface area contributed by atoms with Gasteiger partial charge in [-0.3, -0.25) is 9.69 Å². The molecule has 1 unspecified atom stereocenters. The summed E-state index contributed by atoms with van der Waals surface area (Å²) in [6.07, 6.45) is 7.80. The number of carbonyl (C=O) groups is 2. The van der Waals surface area contributed by atoms with Gasteiger partial charge in [0.05, 0.1) is 6.04 Å². The first-order valence-electron chi connectivity index (χ1n) is 12.6. The molecule has 6 nitrogen and oxygen atoms in total. The summed E-state index contributed by atoms with van der Waals surface area (Å²) in [6.45, 7) is 7.09. The van der Waals surface area contributed by atoms with Crippen molar-refractivity contribution in [3.63, 3.8) is 0 Å². The summed E-state index contributed by atoms with van der Waals surface area (Å²) >= 11 is 0. The second kappa shape index (κ2) is 10.2. The fourth-order valence-corrected chi connectivity index (χ4v) is 6.93. The van der Waals surface area contributed by atoms with Crippen molar-refractivity contribution in [2.75, 3.05) is 26.2 Å². The number of rotatable bonds is 10. The number of carbonyl (C=O) groups excluding carboxylic acids is 2. The average molecular weight is 441 g/mol. The van der Waals surface area contributed by atoms with Crippen molar-refractivity contribution in [2.45, 2.75) is 70.4 Å². The van der Waals surface area contributed by atoms with Crippen LogP contribution in [0.2, 0.25) is 0 Å². The van der Waals surface area contributed by atoms with Gasteiger partial charge in [0.2, 0.25) is 5.91 Å². The molecule has 1 atom stereocenters. The molecule has 0 heterocycles. The first-order valence-corrected chi connectivity index (χ1v) is 12.6. The molecule has 4 bridgehead atoms. The zero-order valence-electron chi connectivity index (χ0n) is 19.7. The fraction of sp³-hybridized carbons (Fsp3) is 0.692. The molecule has 4 fully saturated rings. The third-order valence-electron chi connectivity index (χ3n) is 7.98. The smallest absolute Gasteiger partial charge is 0.315 e. The van der Waals surface area contributed by atoms with E-state index >= 15 is 0 Å². The molecule has 32 heavy (non-hydrogen) atoms. The van der Waals surface area contributed by atoms with Crippen LogP contribution in [-0.2, 0) is 4.79 Å². The van der Waals surface area contributed by atoms with E-state index in [4.69, 9.17) is 0 Å². The van der Waals surface area contributed by atoms with Crippen molar-refractivity contribution in [3.05, 3.63) is 35.9 Å². The summed E-state index contributed by atoms with van der Waals surface area (Å²) < 4.78 is 0. The summed E-state index contributed by atoms with van der Waals surface area (Å²) in [5, 5.41) is 9.32.